The summed E-state index contributed by atoms with van der Waals surface area (Å²) >= 11 is 0. The van der Waals surface area contributed by atoms with Gasteiger partial charge in [0, 0.05) is 19.3 Å². The Morgan fingerprint density at radius 3 is 2.67 bits per heavy atom. The van der Waals surface area contributed by atoms with Gasteiger partial charge in [-0.3, -0.25) is 9.59 Å². The van der Waals surface area contributed by atoms with E-state index in [1.54, 1.807) is 39.1 Å². The number of pyridine rings is 1. The summed E-state index contributed by atoms with van der Waals surface area (Å²) in [6.07, 6.45) is 2.26. The maximum absolute atomic E-state index is 12.5. The minimum absolute atomic E-state index is 0.208. The average molecular weight is 377 g/mol. The van der Waals surface area contributed by atoms with Crippen molar-refractivity contribution in [2.45, 2.75) is 51.8 Å². The van der Waals surface area contributed by atoms with E-state index in [1.807, 2.05) is 0 Å². The van der Waals surface area contributed by atoms with E-state index < -0.39 is 17.7 Å². The monoisotopic (exact) mass is 377 g/mol. The van der Waals surface area contributed by atoms with Crippen LogP contribution in [0.1, 0.15) is 39.2 Å². The zero-order valence-electron chi connectivity index (χ0n) is 15.9. The fraction of sp³-hybridized carbons (Fsp3) is 0.556. The van der Waals surface area contributed by atoms with Crippen LogP contribution in [0.2, 0.25) is 0 Å². The Bertz CT molecular complexity index is 684. The predicted octanol–water partition coefficient (Wildman–Crippen LogP) is 0.796. The Labute approximate surface area is 158 Å². The number of aromatic nitrogens is 1. The van der Waals surface area contributed by atoms with Gasteiger partial charge in [-0.25, -0.2) is 9.78 Å². The summed E-state index contributed by atoms with van der Waals surface area (Å²) in [5.74, 6) is -0.127. The Balaban J connectivity index is 1.84. The van der Waals surface area contributed by atoms with Crippen molar-refractivity contribution in [1.82, 2.24) is 20.5 Å². The molecule has 2 rings (SSSR count). The molecule has 0 spiro atoms. The zero-order valence-corrected chi connectivity index (χ0v) is 15.9. The summed E-state index contributed by atoms with van der Waals surface area (Å²) in [5, 5.41) is 5.25. The number of nitrogens with two attached hydrogens (primary N) is 1. The molecule has 3 amide bonds. The molecule has 4 N–H and O–H groups in total. The number of rotatable bonds is 5. The zero-order chi connectivity index (χ0) is 20.0. The molecule has 1 atom stereocenters. The van der Waals surface area contributed by atoms with Crippen molar-refractivity contribution in [3.05, 3.63) is 23.9 Å². The molecule has 0 bridgehead atoms. The van der Waals surface area contributed by atoms with Crippen LogP contribution in [0, 0.1) is 0 Å². The van der Waals surface area contributed by atoms with Crippen LogP contribution in [0.5, 0.6) is 0 Å². The molecule has 9 nitrogen and oxygen atoms in total. The van der Waals surface area contributed by atoms with Gasteiger partial charge in [-0.1, -0.05) is 6.07 Å². The number of hydrogen-bond donors (Lipinski definition) is 3. The molecule has 0 radical (unpaired) electrons. The summed E-state index contributed by atoms with van der Waals surface area (Å²) in [6.45, 7) is 5.81. The van der Waals surface area contributed by atoms with Gasteiger partial charge in [0.25, 0.3) is 0 Å². The van der Waals surface area contributed by atoms with Crippen LogP contribution in [-0.2, 0) is 20.9 Å². The van der Waals surface area contributed by atoms with Gasteiger partial charge in [0.1, 0.15) is 24.0 Å². The SMILES string of the molecule is CC(C)(C)OC(=O)NCC(=O)N1CCCC1C(=O)NCc1ccc(N)nc1. The highest BCUT2D eigenvalue weighted by molar-refractivity contribution is 5.90. The van der Waals surface area contributed by atoms with Crippen LogP contribution in [0.4, 0.5) is 10.6 Å². The summed E-state index contributed by atoms with van der Waals surface area (Å²) in [5.41, 5.74) is 5.72. The fourth-order valence-corrected chi connectivity index (χ4v) is 2.75. The van der Waals surface area contributed by atoms with Gasteiger partial charge < -0.3 is 26.0 Å². The molecule has 148 valence electrons. The second kappa shape index (κ2) is 8.70. The van der Waals surface area contributed by atoms with Crippen LogP contribution < -0.4 is 16.4 Å². The predicted molar refractivity (Wildman–Crippen MR) is 99.5 cm³/mol. The van der Waals surface area contributed by atoms with Crippen LogP contribution in [0.25, 0.3) is 0 Å². The van der Waals surface area contributed by atoms with Gasteiger partial charge in [-0.05, 0) is 45.2 Å². The van der Waals surface area contributed by atoms with Gasteiger partial charge in [0.05, 0.1) is 0 Å². The summed E-state index contributed by atoms with van der Waals surface area (Å²) < 4.78 is 5.11. The maximum atomic E-state index is 12.5. The number of anilines is 1. The van der Waals surface area contributed by atoms with Crippen molar-refractivity contribution in [2.75, 3.05) is 18.8 Å². The summed E-state index contributed by atoms with van der Waals surface area (Å²) in [6, 6.07) is 2.90. The van der Waals surface area contributed by atoms with E-state index in [-0.39, 0.29) is 18.4 Å². The number of nitrogens with zero attached hydrogens (tertiary/aromatic N) is 2. The Kier molecular flexibility index (Phi) is 6.59. The van der Waals surface area contributed by atoms with Gasteiger partial charge >= 0.3 is 6.09 Å². The maximum Gasteiger partial charge on any atom is 0.408 e. The number of alkyl carbamates (subject to hydrolysis) is 1. The number of carbonyl (C=O) groups is 3. The standard InChI is InChI=1S/C18H27N5O4/c1-18(2,3)27-17(26)22-11-15(24)23-8-4-5-13(23)16(25)21-10-12-6-7-14(19)20-9-12/h6-7,9,13H,4-5,8,10-11H2,1-3H3,(H2,19,20)(H,21,25)(H,22,26). The highest BCUT2D eigenvalue weighted by atomic mass is 16.6. The minimum atomic E-state index is -0.660. The summed E-state index contributed by atoms with van der Waals surface area (Å²) in [7, 11) is 0. The Morgan fingerprint density at radius 2 is 2.04 bits per heavy atom. The molecule has 0 aliphatic carbocycles. The molecular weight excluding hydrogens is 350 g/mol. The first-order valence-electron chi connectivity index (χ1n) is 8.90. The summed E-state index contributed by atoms with van der Waals surface area (Å²) in [4.78, 5) is 42.0. The largest absolute Gasteiger partial charge is 0.444 e. The molecule has 1 aliphatic rings. The molecule has 9 heteroatoms. The number of likely N-dealkylation sites (tertiary alicyclic amines) is 1. The van der Waals surface area contributed by atoms with Gasteiger partial charge in [0.15, 0.2) is 0 Å². The molecule has 1 aliphatic heterocycles. The van der Waals surface area contributed by atoms with E-state index >= 15 is 0 Å². The minimum Gasteiger partial charge on any atom is -0.444 e. The van der Waals surface area contributed by atoms with E-state index in [9.17, 15) is 14.4 Å². The first kappa shape index (κ1) is 20.5. The average Bonchev–Trinajstić information content (AvgIpc) is 3.07. The first-order chi connectivity index (χ1) is 12.7. The molecule has 2 heterocycles. The Morgan fingerprint density at radius 1 is 1.30 bits per heavy atom. The molecule has 1 unspecified atom stereocenters. The van der Waals surface area contributed by atoms with E-state index in [2.05, 4.69) is 15.6 Å². The molecule has 1 saturated heterocycles. The second-order valence-corrected chi connectivity index (χ2v) is 7.41. The molecule has 0 saturated carbocycles. The quantitative estimate of drug-likeness (QED) is 0.696. The number of nitrogens with one attached hydrogen (secondary N) is 2. The lowest BCUT2D eigenvalue weighted by atomic mass is 10.2. The molecule has 0 aromatic carbocycles. The number of nitrogen functional groups attached to an aromatic ring is 1. The molecule has 1 aromatic heterocycles. The molecular formula is C18H27N5O4. The topological polar surface area (TPSA) is 127 Å². The number of hydrogen-bond acceptors (Lipinski definition) is 6. The smallest absolute Gasteiger partial charge is 0.408 e. The number of ether oxygens (including phenoxy) is 1. The third kappa shape index (κ3) is 6.43. The Hall–Kier alpha value is -2.84. The van der Waals surface area contributed by atoms with E-state index in [0.29, 0.717) is 25.3 Å². The lowest BCUT2D eigenvalue weighted by Crippen LogP contribution is -2.49. The number of amides is 3. The highest BCUT2D eigenvalue weighted by Gasteiger charge is 2.34. The second-order valence-electron chi connectivity index (χ2n) is 7.41. The van der Waals surface area contributed by atoms with Crippen LogP contribution in [0.3, 0.4) is 0 Å². The highest BCUT2D eigenvalue weighted by Crippen LogP contribution is 2.17. The first-order valence-corrected chi connectivity index (χ1v) is 8.90. The lowest BCUT2D eigenvalue weighted by molar-refractivity contribution is -0.137. The van der Waals surface area contributed by atoms with Crippen molar-refractivity contribution in [1.29, 1.82) is 0 Å². The van der Waals surface area contributed by atoms with Crippen molar-refractivity contribution in [3.63, 3.8) is 0 Å². The molecule has 1 fully saturated rings. The van der Waals surface area contributed by atoms with E-state index in [4.69, 9.17) is 10.5 Å². The van der Waals surface area contributed by atoms with E-state index in [0.717, 1.165) is 12.0 Å². The fourth-order valence-electron chi connectivity index (χ4n) is 2.75. The van der Waals surface area contributed by atoms with Crippen LogP contribution >= 0.6 is 0 Å². The number of carbonyl (C=O) groups excluding carboxylic acids is 3. The van der Waals surface area contributed by atoms with Crippen molar-refractivity contribution in [3.8, 4) is 0 Å². The third-order valence-electron chi connectivity index (χ3n) is 3.97. The van der Waals surface area contributed by atoms with Crippen molar-refractivity contribution >= 4 is 23.7 Å². The van der Waals surface area contributed by atoms with Gasteiger partial charge in [-0.2, -0.15) is 0 Å². The lowest BCUT2D eigenvalue weighted by Gasteiger charge is -2.25. The van der Waals surface area contributed by atoms with Gasteiger partial charge in [-0.15, -0.1) is 0 Å². The third-order valence-corrected chi connectivity index (χ3v) is 3.97. The van der Waals surface area contributed by atoms with Crippen molar-refractivity contribution < 1.29 is 19.1 Å². The molecule has 1 aromatic rings. The van der Waals surface area contributed by atoms with Crippen LogP contribution in [-0.4, -0.2) is 52.5 Å². The van der Waals surface area contributed by atoms with E-state index in [1.165, 1.54) is 4.90 Å². The molecule has 27 heavy (non-hydrogen) atoms. The van der Waals surface area contributed by atoms with Crippen molar-refractivity contribution in [2.24, 2.45) is 0 Å². The van der Waals surface area contributed by atoms with Crippen LogP contribution in [0.15, 0.2) is 18.3 Å². The normalized spacial score (nSPS) is 16.7. The van der Waals surface area contributed by atoms with Gasteiger partial charge in [0.2, 0.25) is 11.8 Å².